The number of thioether (sulfide) groups is 1. The Hall–Kier alpha value is -1.46. The van der Waals surface area contributed by atoms with E-state index in [1.165, 1.54) is 12.1 Å². The average molecular weight is 291 g/mol. The third-order valence-electron chi connectivity index (χ3n) is 2.65. The Balaban J connectivity index is 1.85. The number of hydrogen-bond acceptors (Lipinski definition) is 4. The van der Waals surface area contributed by atoms with Crippen LogP contribution in [0.15, 0.2) is 41.6 Å². The molecule has 2 rings (SSSR count). The van der Waals surface area contributed by atoms with Gasteiger partial charge in [-0.3, -0.25) is 0 Å². The second-order valence-corrected chi connectivity index (χ2v) is 5.83. The third-order valence-corrected chi connectivity index (χ3v) is 3.66. The van der Waals surface area contributed by atoms with Crippen LogP contribution in [-0.2, 0) is 12.3 Å². The van der Waals surface area contributed by atoms with Crippen molar-refractivity contribution < 1.29 is 4.39 Å². The van der Waals surface area contributed by atoms with Crippen molar-refractivity contribution in [3.63, 3.8) is 0 Å². The number of nitrogens with one attached hydrogen (secondary N) is 1. The molecule has 5 heteroatoms. The van der Waals surface area contributed by atoms with Crippen molar-refractivity contribution in [3.05, 3.63) is 53.9 Å². The lowest BCUT2D eigenvalue weighted by Crippen LogP contribution is -2.22. The van der Waals surface area contributed by atoms with Gasteiger partial charge in [0.25, 0.3) is 0 Å². The van der Waals surface area contributed by atoms with E-state index < -0.39 is 0 Å². The fourth-order valence-corrected chi connectivity index (χ4v) is 2.32. The molecule has 1 aromatic carbocycles. The first-order valence-corrected chi connectivity index (χ1v) is 7.53. The monoisotopic (exact) mass is 291 g/mol. The third kappa shape index (κ3) is 4.90. The molecule has 20 heavy (non-hydrogen) atoms. The van der Waals surface area contributed by atoms with E-state index in [9.17, 15) is 4.39 Å². The van der Waals surface area contributed by atoms with Crippen LogP contribution >= 0.6 is 11.8 Å². The molecule has 1 N–H and O–H groups in total. The Kier molecular flexibility index (Phi) is 5.49. The van der Waals surface area contributed by atoms with E-state index >= 15 is 0 Å². The summed E-state index contributed by atoms with van der Waals surface area (Å²) < 4.78 is 12.8. The minimum absolute atomic E-state index is 0.215. The summed E-state index contributed by atoms with van der Waals surface area (Å²) in [5.74, 6) is 1.25. The molecular weight excluding hydrogens is 273 g/mol. The van der Waals surface area contributed by atoms with E-state index in [2.05, 4.69) is 29.1 Å². The lowest BCUT2D eigenvalue weighted by atomic mass is 10.3. The van der Waals surface area contributed by atoms with E-state index in [0.29, 0.717) is 11.8 Å². The first-order valence-electron chi connectivity index (χ1n) is 6.55. The van der Waals surface area contributed by atoms with Crippen LogP contribution in [0.4, 0.5) is 4.39 Å². The molecule has 1 heterocycles. The zero-order valence-electron chi connectivity index (χ0n) is 11.6. The van der Waals surface area contributed by atoms with Crippen LogP contribution in [0.25, 0.3) is 0 Å². The summed E-state index contributed by atoms with van der Waals surface area (Å²) in [4.78, 5) is 9.70. The zero-order chi connectivity index (χ0) is 14.4. The van der Waals surface area contributed by atoms with Gasteiger partial charge in [-0.1, -0.05) is 13.8 Å². The molecule has 0 bridgehead atoms. The molecule has 0 aliphatic rings. The van der Waals surface area contributed by atoms with Gasteiger partial charge in [-0.05, 0) is 24.3 Å². The van der Waals surface area contributed by atoms with Gasteiger partial charge in [0, 0.05) is 35.4 Å². The Morgan fingerprint density at radius 2 is 1.80 bits per heavy atom. The molecule has 3 nitrogen and oxygen atoms in total. The zero-order valence-corrected chi connectivity index (χ0v) is 12.5. The first kappa shape index (κ1) is 14.9. The molecule has 1 aromatic heterocycles. The van der Waals surface area contributed by atoms with E-state index in [1.54, 1.807) is 23.9 Å². The highest BCUT2D eigenvalue weighted by Crippen LogP contribution is 2.21. The maximum atomic E-state index is 12.8. The molecule has 0 aliphatic heterocycles. The van der Waals surface area contributed by atoms with Crippen molar-refractivity contribution in [1.82, 2.24) is 15.3 Å². The van der Waals surface area contributed by atoms with Crippen molar-refractivity contribution in [2.75, 3.05) is 0 Å². The molecule has 0 fully saturated rings. The average Bonchev–Trinajstić information content (AvgIpc) is 2.45. The fraction of sp³-hybridized carbons (Fsp3) is 0.333. The standard InChI is InChI=1S/C15H18FN3S/c1-11(2)17-7-12-8-18-15(19-9-12)10-20-14-5-3-13(16)4-6-14/h3-6,8-9,11,17H,7,10H2,1-2H3. The number of benzene rings is 1. The number of nitrogens with zero attached hydrogens (tertiary/aromatic N) is 2. The van der Waals surface area contributed by atoms with Gasteiger partial charge in [0.05, 0.1) is 5.75 Å². The fourth-order valence-electron chi connectivity index (χ4n) is 1.55. The maximum Gasteiger partial charge on any atom is 0.138 e. The molecule has 106 valence electrons. The van der Waals surface area contributed by atoms with Crippen LogP contribution in [-0.4, -0.2) is 16.0 Å². The predicted molar refractivity (Wildman–Crippen MR) is 80.0 cm³/mol. The Bertz CT molecular complexity index is 526. The summed E-state index contributed by atoms with van der Waals surface area (Å²) in [5.41, 5.74) is 1.08. The number of aromatic nitrogens is 2. The molecule has 0 unspecified atom stereocenters. The Labute approximate surface area is 123 Å². The van der Waals surface area contributed by atoms with Crippen LogP contribution < -0.4 is 5.32 Å². The second kappa shape index (κ2) is 7.36. The van der Waals surface area contributed by atoms with Crippen LogP contribution in [0, 0.1) is 5.82 Å². The SMILES string of the molecule is CC(C)NCc1cnc(CSc2ccc(F)cc2)nc1. The van der Waals surface area contributed by atoms with E-state index in [4.69, 9.17) is 0 Å². The summed E-state index contributed by atoms with van der Waals surface area (Å²) in [6, 6.07) is 6.90. The molecule has 0 atom stereocenters. The van der Waals surface area contributed by atoms with E-state index in [1.807, 2.05) is 12.4 Å². The summed E-state index contributed by atoms with van der Waals surface area (Å²) in [7, 11) is 0. The summed E-state index contributed by atoms with van der Waals surface area (Å²) in [6.07, 6.45) is 3.70. The number of rotatable bonds is 6. The van der Waals surface area contributed by atoms with Crippen LogP contribution in [0.1, 0.15) is 25.2 Å². The summed E-state index contributed by atoms with van der Waals surface area (Å²) in [5, 5.41) is 3.32. The largest absolute Gasteiger partial charge is 0.310 e. The topological polar surface area (TPSA) is 37.8 Å². The quantitative estimate of drug-likeness (QED) is 0.828. The Morgan fingerprint density at radius 3 is 2.40 bits per heavy atom. The lowest BCUT2D eigenvalue weighted by molar-refractivity contribution is 0.586. The minimum Gasteiger partial charge on any atom is -0.310 e. The van der Waals surface area contributed by atoms with Crippen molar-refractivity contribution in [2.45, 2.75) is 37.1 Å². The lowest BCUT2D eigenvalue weighted by Gasteiger charge is -2.07. The normalized spacial score (nSPS) is 11.0. The molecular formula is C15H18FN3S. The van der Waals surface area contributed by atoms with Gasteiger partial charge < -0.3 is 5.32 Å². The van der Waals surface area contributed by atoms with Gasteiger partial charge in [0.1, 0.15) is 11.6 Å². The van der Waals surface area contributed by atoms with Gasteiger partial charge in [-0.15, -0.1) is 11.8 Å². The molecule has 0 radical (unpaired) electrons. The van der Waals surface area contributed by atoms with Crippen LogP contribution in [0.5, 0.6) is 0 Å². The van der Waals surface area contributed by atoms with Crippen molar-refractivity contribution in [2.24, 2.45) is 0 Å². The number of halogens is 1. The molecule has 0 amide bonds. The smallest absolute Gasteiger partial charge is 0.138 e. The van der Waals surface area contributed by atoms with Gasteiger partial charge in [-0.2, -0.15) is 0 Å². The molecule has 2 aromatic rings. The van der Waals surface area contributed by atoms with Gasteiger partial charge in [0.2, 0.25) is 0 Å². The van der Waals surface area contributed by atoms with Gasteiger partial charge >= 0.3 is 0 Å². The highest BCUT2D eigenvalue weighted by Gasteiger charge is 2.01. The predicted octanol–water partition coefficient (Wildman–Crippen LogP) is 3.41. The van der Waals surface area contributed by atoms with E-state index in [0.717, 1.165) is 22.8 Å². The highest BCUT2D eigenvalue weighted by molar-refractivity contribution is 7.98. The molecule has 0 saturated heterocycles. The highest BCUT2D eigenvalue weighted by atomic mass is 32.2. The van der Waals surface area contributed by atoms with Crippen molar-refractivity contribution in [1.29, 1.82) is 0 Å². The molecule has 0 spiro atoms. The van der Waals surface area contributed by atoms with Crippen molar-refractivity contribution >= 4 is 11.8 Å². The molecule has 0 saturated carbocycles. The second-order valence-electron chi connectivity index (χ2n) is 4.79. The van der Waals surface area contributed by atoms with Crippen LogP contribution in [0.3, 0.4) is 0 Å². The van der Waals surface area contributed by atoms with Gasteiger partial charge in [0.15, 0.2) is 0 Å². The number of hydrogen-bond donors (Lipinski definition) is 1. The first-order chi connectivity index (χ1) is 9.63. The molecule has 0 aliphatic carbocycles. The van der Waals surface area contributed by atoms with Gasteiger partial charge in [-0.25, -0.2) is 14.4 Å². The van der Waals surface area contributed by atoms with Crippen molar-refractivity contribution in [3.8, 4) is 0 Å². The van der Waals surface area contributed by atoms with E-state index in [-0.39, 0.29) is 5.82 Å². The maximum absolute atomic E-state index is 12.8. The minimum atomic E-state index is -0.215. The van der Waals surface area contributed by atoms with Crippen LogP contribution in [0.2, 0.25) is 0 Å². The summed E-state index contributed by atoms with van der Waals surface area (Å²) >= 11 is 1.60. The Morgan fingerprint density at radius 1 is 1.15 bits per heavy atom. The summed E-state index contributed by atoms with van der Waals surface area (Å²) in [6.45, 7) is 4.99.